The van der Waals surface area contributed by atoms with E-state index in [1.54, 1.807) is 0 Å². The number of phosphoric ester groups is 2. The molecule has 94 heavy (non-hydrogen) atoms. The Labute approximate surface area is 573 Å². The second-order valence-electron chi connectivity index (χ2n) is 26.8. The van der Waals surface area contributed by atoms with Gasteiger partial charge in [-0.05, 0) is 57.3 Å². The van der Waals surface area contributed by atoms with Crippen LogP contribution < -0.4 is 0 Å². The molecule has 0 bridgehead atoms. The number of hydrogen-bond acceptors (Lipinski definition) is 15. The van der Waals surface area contributed by atoms with Gasteiger partial charge in [0, 0.05) is 25.7 Å². The van der Waals surface area contributed by atoms with Gasteiger partial charge in [0.1, 0.15) is 19.3 Å². The van der Waals surface area contributed by atoms with E-state index in [-0.39, 0.29) is 25.7 Å². The molecule has 554 valence electrons. The summed E-state index contributed by atoms with van der Waals surface area (Å²) in [7, 11) is -9.92. The molecule has 0 amide bonds. The maximum absolute atomic E-state index is 13.1. The van der Waals surface area contributed by atoms with Crippen molar-refractivity contribution in [1.82, 2.24) is 0 Å². The number of esters is 4. The van der Waals surface area contributed by atoms with Crippen molar-refractivity contribution in [2.24, 2.45) is 5.92 Å². The molecule has 0 aromatic carbocycles. The Kier molecular flexibility index (Phi) is 65.9. The fourth-order valence-corrected chi connectivity index (χ4v) is 12.6. The molecule has 0 saturated carbocycles. The van der Waals surface area contributed by atoms with E-state index in [4.69, 9.17) is 37.0 Å². The van der Waals surface area contributed by atoms with Crippen molar-refractivity contribution < 1.29 is 80.2 Å². The number of ether oxygens (including phenoxy) is 4. The van der Waals surface area contributed by atoms with Gasteiger partial charge in [-0.15, -0.1) is 0 Å². The van der Waals surface area contributed by atoms with E-state index in [1.165, 1.54) is 173 Å². The number of phosphoric acid groups is 2. The van der Waals surface area contributed by atoms with Crippen molar-refractivity contribution in [2.45, 2.75) is 387 Å². The number of allylic oxidation sites excluding steroid dienone is 4. The highest BCUT2D eigenvalue weighted by molar-refractivity contribution is 7.47. The lowest BCUT2D eigenvalue weighted by molar-refractivity contribution is -0.161. The monoisotopic (exact) mass is 1380 g/mol. The lowest BCUT2D eigenvalue weighted by Crippen LogP contribution is -2.30. The molecule has 19 heteroatoms. The zero-order chi connectivity index (χ0) is 69.1. The average Bonchev–Trinajstić information content (AvgIpc) is 1.70. The normalized spacial score (nSPS) is 14.1. The summed E-state index contributed by atoms with van der Waals surface area (Å²) in [4.78, 5) is 72.7. The van der Waals surface area contributed by atoms with E-state index in [0.717, 1.165) is 115 Å². The highest BCUT2D eigenvalue weighted by atomic mass is 31.2. The number of carbonyl (C=O) groups excluding carboxylic acids is 4. The number of rotatable bonds is 73. The largest absolute Gasteiger partial charge is 0.472 e. The van der Waals surface area contributed by atoms with Gasteiger partial charge >= 0.3 is 39.5 Å². The van der Waals surface area contributed by atoms with Gasteiger partial charge in [-0.2, -0.15) is 0 Å². The summed E-state index contributed by atoms with van der Waals surface area (Å²) in [6.07, 6.45) is 58.9. The standard InChI is InChI=1S/C75H142O17P2/c1-6-9-12-15-18-21-23-25-26-31-34-39-44-49-54-59-73(78)86-65-71(92-75(80)61-56-51-46-41-36-32-28-27-30-33-38-42-47-52-57-68(4)5)67-90-94(83,84)88-63-69(76)62-87-93(81,82)89-66-70(64-85-72(77)58-53-48-43-37-20-17-14-11-8-3)91-74(79)60-55-50-45-40-35-29-24-22-19-16-13-10-7-2/h21,23,25-26,68-71,76H,6-20,22,24,27-67H2,1-5H3,(H,81,82)(H,83,84)/b23-21-,26-25-/t69-,70+,71+/m0/s1. The van der Waals surface area contributed by atoms with Crippen LogP contribution in [0.25, 0.3) is 0 Å². The topological polar surface area (TPSA) is 237 Å². The molecule has 0 spiro atoms. The Morgan fingerprint density at radius 1 is 0.330 bits per heavy atom. The van der Waals surface area contributed by atoms with E-state index in [2.05, 4.69) is 58.9 Å². The van der Waals surface area contributed by atoms with Crippen LogP contribution in [0.5, 0.6) is 0 Å². The van der Waals surface area contributed by atoms with E-state index in [9.17, 15) is 43.2 Å². The molecule has 0 heterocycles. The van der Waals surface area contributed by atoms with Gasteiger partial charge in [0.05, 0.1) is 26.4 Å². The van der Waals surface area contributed by atoms with Crippen molar-refractivity contribution in [2.75, 3.05) is 39.6 Å². The molecule has 3 N–H and O–H groups in total. The van der Waals surface area contributed by atoms with Gasteiger partial charge < -0.3 is 33.8 Å². The number of aliphatic hydroxyl groups is 1. The second kappa shape index (κ2) is 67.7. The summed E-state index contributed by atoms with van der Waals surface area (Å²) in [5, 5.41) is 10.6. The second-order valence-corrected chi connectivity index (χ2v) is 29.7. The Morgan fingerprint density at radius 2 is 0.574 bits per heavy atom. The van der Waals surface area contributed by atoms with Crippen molar-refractivity contribution in [1.29, 1.82) is 0 Å². The molecule has 0 rings (SSSR count). The predicted octanol–water partition coefficient (Wildman–Crippen LogP) is 21.6. The maximum atomic E-state index is 13.1. The van der Waals surface area contributed by atoms with Crippen LogP contribution in [0.15, 0.2) is 24.3 Å². The number of unbranched alkanes of at least 4 members (excludes halogenated alkanes) is 42. The summed E-state index contributed by atoms with van der Waals surface area (Å²) in [6.45, 7) is 7.23. The molecule has 0 aliphatic heterocycles. The number of hydrogen-bond donors (Lipinski definition) is 3. The third-order valence-corrected chi connectivity index (χ3v) is 18.8. The van der Waals surface area contributed by atoms with Crippen LogP contribution in [0, 0.1) is 5.92 Å². The molecule has 0 radical (unpaired) electrons. The first-order chi connectivity index (χ1) is 45.5. The minimum Gasteiger partial charge on any atom is -0.462 e. The van der Waals surface area contributed by atoms with Gasteiger partial charge in [-0.3, -0.25) is 37.3 Å². The van der Waals surface area contributed by atoms with Gasteiger partial charge in [-0.25, -0.2) is 9.13 Å². The van der Waals surface area contributed by atoms with E-state index in [0.29, 0.717) is 25.7 Å². The third-order valence-electron chi connectivity index (χ3n) is 16.9. The zero-order valence-electron chi connectivity index (χ0n) is 60.6. The molecule has 0 aromatic rings. The molecule has 0 fully saturated rings. The first-order valence-corrected chi connectivity index (χ1v) is 41.4. The van der Waals surface area contributed by atoms with Gasteiger partial charge in [0.25, 0.3) is 0 Å². The summed E-state index contributed by atoms with van der Waals surface area (Å²) in [5.41, 5.74) is 0. The Morgan fingerprint density at radius 3 is 0.872 bits per heavy atom. The number of carbonyl (C=O) groups is 4. The van der Waals surface area contributed by atoms with Gasteiger partial charge in [0.2, 0.25) is 0 Å². The highest BCUT2D eigenvalue weighted by Crippen LogP contribution is 2.45. The third kappa shape index (κ3) is 68.1. The Balaban J connectivity index is 5.27. The van der Waals surface area contributed by atoms with Crippen molar-refractivity contribution in [3.05, 3.63) is 24.3 Å². The van der Waals surface area contributed by atoms with E-state index in [1.807, 2.05) is 0 Å². The smallest absolute Gasteiger partial charge is 0.462 e. The van der Waals surface area contributed by atoms with Gasteiger partial charge in [0.15, 0.2) is 12.2 Å². The summed E-state index contributed by atoms with van der Waals surface area (Å²) in [5.74, 6) is -1.35. The van der Waals surface area contributed by atoms with Gasteiger partial charge in [-0.1, -0.05) is 316 Å². The maximum Gasteiger partial charge on any atom is 0.472 e. The van der Waals surface area contributed by atoms with Crippen molar-refractivity contribution in [3.8, 4) is 0 Å². The molecule has 5 atom stereocenters. The highest BCUT2D eigenvalue weighted by Gasteiger charge is 2.30. The lowest BCUT2D eigenvalue weighted by atomic mass is 10.0. The summed E-state index contributed by atoms with van der Waals surface area (Å²) in [6, 6.07) is 0. The first-order valence-electron chi connectivity index (χ1n) is 38.5. The van der Waals surface area contributed by atoms with Crippen LogP contribution in [0.2, 0.25) is 0 Å². The van der Waals surface area contributed by atoms with Crippen LogP contribution in [0.3, 0.4) is 0 Å². The summed E-state index contributed by atoms with van der Waals surface area (Å²) < 4.78 is 68.4. The van der Waals surface area contributed by atoms with Crippen LogP contribution >= 0.6 is 15.6 Å². The molecule has 17 nitrogen and oxygen atoms in total. The summed E-state index contributed by atoms with van der Waals surface area (Å²) >= 11 is 0. The minimum atomic E-state index is -4.96. The molecular formula is C75H142O17P2. The van der Waals surface area contributed by atoms with E-state index < -0.39 is 97.5 Å². The molecule has 0 saturated heterocycles. The first kappa shape index (κ1) is 91.5. The molecule has 2 unspecified atom stereocenters. The molecule has 0 aromatic heterocycles. The molecule has 0 aliphatic carbocycles. The molecular weight excluding hydrogens is 1230 g/mol. The Bertz CT molecular complexity index is 1900. The Hall–Kier alpha value is -2.46. The zero-order valence-corrected chi connectivity index (χ0v) is 62.4. The average molecular weight is 1380 g/mol. The predicted molar refractivity (Wildman–Crippen MR) is 381 cm³/mol. The fourth-order valence-electron chi connectivity index (χ4n) is 11.0. The molecule has 0 aliphatic rings. The lowest BCUT2D eigenvalue weighted by Gasteiger charge is -2.21. The number of aliphatic hydroxyl groups excluding tert-OH is 1. The SMILES string of the molecule is CCCCCC/C=C\C=C/CCCCCCCC(=O)OC[C@H](COP(=O)(O)OC[C@@H](O)COP(=O)(O)OC[C@@H](COC(=O)CCCCCCCCCCC)OC(=O)CCCCCCCCCCCCCCC)OC(=O)CCCCCCCCCCCCCCCCC(C)C. The van der Waals surface area contributed by atoms with E-state index >= 15 is 0 Å². The quantitative estimate of drug-likeness (QED) is 0.0169. The van der Waals surface area contributed by atoms with Crippen molar-refractivity contribution >= 4 is 39.5 Å². The van der Waals surface area contributed by atoms with Crippen LogP contribution in [0.1, 0.15) is 369 Å². The van der Waals surface area contributed by atoms with Crippen molar-refractivity contribution in [3.63, 3.8) is 0 Å². The van der Waals surface area contributed by atoms with Crippen LogP contribution in [0.4, 0.5) is 0 Å². The minimum absolute atomic E-state index is 0.101. The van der Waals surface area contributed by atoms with Crippen LogP contribution in [-0.2, 0) is 65.4 Å². The van der Waals surface area contributed by atoms with Crippen LogP contribution in [-0.4, -0.2) is 96.7 Å². The fraction of sp³-hybridized carbons (Fsp3) is 0.893.